The predicted octanol–water partition coefficient (Wildman–Crippen LogP) is 0.763. The fourth-order valence-electron chi connectivity index (χ4n) is 2.48. The van der Waals surface area contributed by atoms with Crippen LogP contribution >= 0.6 is 0 Å². The van der Waals surface area contributed by atoms with Crippen molar-refractivity contribution in [3.05, 3.63) is 0 Å². The number of rotatable bonds is 20. The minimum absolute atomic E-state index is 0.0252. The molecule has 0 spiro atoms. The molecule has 0 aliphatic heterocycles. The zero-order chi connectivity index (χ0) is 22.9. The summed E-state index contributed by atoms with van der Waals surface area (Å²) in [5, 5.41) is 31.4. The molecule has 0 radical (unpaired) electrons. The van der Waals surface area contributed by atoms with E-state index in [0.29, 0.717) is 32.5 Å². The quantitative estimate of drug-likeness (QED) is 0.236. The SMILES string of the molecule is COC(C)CCOC[C@@H](O)[C@@H](O)[C@H](OCCC(C)OC)[C@@H](O)COCCC(C)OC. The molecule has 3 unspecified atom stereocenters. The van der Waals surface area contributed by atoms with Crippen LogP contribution in [0.1, 0.15) is 40.0 Å². The van der Waals surface area contributed by atoms with Crippen molar-refractivity contribution >= 4 is 0 Å². The highest BCUT2D eigenvalue weighted by Crippen LogP contribution is 2.13. The van der Waals surface area contributed by atoms with Crippen molar-refractivity contribution in [2.75, 3.05) is 54.4 Å². The number of hydrogen-bond donors (Lipinski definition) is 3. The van der Waals surface area contributed by atoms with Crippen molar-refractivity contribution in [3.63, 3.8) is 0 Å². The molecule has 0 aliphatic carbocycles. The van der Waals surface area contributed by atoms with Crippen LogP contribution in [-0.4, -0.2) is 112 Å². The van der Waals surface area contributed by atoms with Crippen molar-refractivity contribution in [2.24, 2.45) is 0 Å². The van der Waals surface area contributed by atoms with E-state index < -0.39 is 24.4 Å². The Hall–Kier alpha value is -0.360. The molecular weight excluding hydrogens is 396 g/mol. The van der Waals surface area contributed by atoms with Crippen molar-refractivity contribution in [2.45, 2.75) is 82.8 Å². The van der Waals surface area contributed by atoms with E-state index in [2.05, 4.69) is 0 Å². The second-order valence-corrected chi connectivity index (χ2v) is 7.62. The van der Waals surface area contributed by atoms with Crippen LogP contribution in [0, 0.1) is 0 Å². The van der Waals surface area contributed by atoms with Gasteiger partial charge in [0.05, 0.1) is 31.5 Å². The summed E-state index contributed by atoms with van der Waals surface area (Å²) in [7, 11) is 4.85. The van der Waals surface area contributed by atoms with Gasteiger partial charge in [-0.2, -0.15) is 0 Å². The number of aliphatic hydroxyl groups is 3. The summed E-state index contributed by atoms with van der Waals surface area (Å²) in [6.07, 6.45) is -2.67. The maximum absolute atomic E-state index is 10.6. The first-order chi connectivity index (χ1) is 14.3. The van der Waals surface area contributed by atoms with E-state index in [1.807, 2.05) is 20.8 Å². The maximum Gasteiger partial charge on any atom is 0.114 e. The fourth-order valence-corrected chi connectivity index (χ4v) is 2.48. The molecule has 0 saturated heterocycles. The molecule has 0 saturated carbocycles. The van der Waals surface area contributed by atoms with Gasteiger partial charge in [-0.15, -0.1) is 0 Å². The van der Waals surface area contributed by atoms with Crippen LogP contribution < -0.4 is 0 Å². The third-order valence-electron chi connectivity index (χ3n) is 5.07. The van der Waals surface area contributed by atoms with Crippen molar-refractivity contribution in [1.29, 1.82) is 0 Å². The summed E-state index contributed by atoms with van der Waals surface area (Å²) >= 11 is 0. The van der Waals surface area contributed by atoms with Crippen molar-refractivity contribution in [1.82, 2.24) is 0 Å². The summed E-state index contributed by atoms with van der Waals surface area (Å²) in [6, 6.07) is 0. The van der Waals surface area contributed by atoms with Gasteiger partial charge in [-0.25, -0.2) is 0 Å². The normalized spacial score (nSPS) is 19.1. The average molecular weight is 441 g/mol. The molecule has 0 bridgehead atoms. The summed E-state index contributed by atoms with van der Waals surface area (Å²) in [6.45, 7) is 6.68. The molecule has 0 rings (SSSR count). The number of aliphatic hydroxyl groups excluding tert-OH is 3. The molecule has 9 heteroatoms. The van der Waals surface area contributed by atoms with Gasteiger partial charge in [-0.3, -0.25) is 0 Å². The second-order valence-electron chi connectivity index (χ2n) is 7.62. The third kappa shape index (κ3) is 13.8. The number of methoxy groups -OCH3 is 3. The zero-order valence-electron chi connectivity index (χ0n) is 19.5. The molecule has 0 aromatic rings. The van der Waals surface area contributed by atoms with E-state index in [-0.39, 0.29) is 38.1 Å². The minimum Gasteiger partial charge on any atom is -0.388 e. The molecule has 30 heavy (non-hydrogen) atoms. The van der Waals surface area contributed by atoms with Gasteiger partial charge in [0.2, 0.25) is 0 Å². The Labute approximate surface area is 181 Å². The van der Waals surface area contributed by atoms with E-state index in [1.54, 1.807) is 21.3 Å². The molecule has 0 aromatic carbocycles. The molecule has 182 valence electrons. The van der Waals surface area contributed by atoms with Gasteiger partial charge in [0, 0.05) is 41.2 Å². The lowest BCUT2D eigenvalue weighted by molar-refractivity contribution is -0.159. The molecule has 0 heterocycles. The van der Waals surface area contributed by atoms with Crippen LogP contribution in [-0.2, 0) is 28.4 Å². The molecule has 9 nitrogen and oxygen atoms in total. The standard InChI is InChI=1S/C21H44O9/c1-15(25-4)7-10-28-13-18(22)20(24)21(30-12-9-17(3)27-6)19(23)14-29-11-8-16(2)26-5/h15-24H,7-14H2,1-6H3/t15?,16?,17?,18-,19+,20-,21-/m1/s1. The molecule has 0 fully saturated rings. The molecule has 0 aliphatic rings. The minimum atomic E-state index is -1.33. The van der Waals surface area contributed by atoms with E-state index in [1.165, 1.54) is 0 Å². The highest BCUT2D eigenvalue weighted by Gasteiger charge is 2.33. The van der Waals surface area contributed by atoms with Crippen LogP contribution in [0.5, 0.6) is 0 Å². The summed E-state index contributed by atoms with van der Waals surface area (Å²) in [5.74, 6) is 0. The lowest BCUT2D eigenvalue weighted by Gasteiger charge is -2.31. The first-order valence-electron chi connectivity index (χ1n) is 10.7. The van der Waals surface area contributed by atoms with E-state index in [9.17, 15) is 15.3 Å². The van der Waals surface area contributed by atoms with Gasteiger partial charge in [-0.1, -0.05) is 0 Å². The van der Waals surface area contributed by atoms with Gasteiger partial charge in [0.15, 0.2) is 0 Å². The summed E-state index contributed by atoms with van der Waals surface area (Å²) < 4.78 is 32.1. The molecule has 7 atom stereocenters. The Kier molecular flexibility index (Phi) is 18.0. The summed E-state index contributed by atoms with van der Waals surface area (Å²) in [4.78, 5) is 0. The number of ether oxygens (including phenoxy) is 6. The largest absolute Gasteiger partial charge is 0.388 e. The van der Waals surface area contributed by atoms with Crippen LogP contribution in [0.4, 0.5) is 0 Å². The smallest absolute Gasteiger partial charge is 0.114 e. The van der Waals surface area contributed by atoms with Gasteiger partial charge < -0.3 is 43.7 Å². The topological polar surface area (TPSA) is 116 Å². The van der Waals surface area contributed by atoms with Crippen molar-refractivity contribution in [3.8, 4) is 0 Å². The van der Waals surface area contributed by atoms with E-state index in [0.717, 1.165) is 0 Å². The first kappa shape index (κ1) is 29.6. The first-order valence-corrected chi connectivity index (χ1v) is 10.7. The molecule has 3 N–H and O–H groups in total. The van der Waals surface area contributed by atoms with Gasteiger partial charge in [0.25, 0.3) is 0 Å². The van der Waals surface area contributed by atoms with Gasteiger partial charge in [-0.05, 0) is 40.0 Å². The van der Waals surface area contributed by atoms with E-state index >= 15 is 0 Å². The van der Waals surface area contributed by atoms with Crippen LogP contribution in [0.3, 0.4) is 0 Å². The Balaban J connectivity index is 4.62. The van der Waals surface area contributed by atoms with Crippen LogP contribution in [0.25, 0.3) is 0 Å². The highest BCUT2D eigenvalue weighted by molar-refractivity contribution is 4.83. The van der Waals surface area contributed by atoms with Gasteiger partial charge in [0.1, 0.15) is 24.4 Å². The summed E-state index contributed by atoms with van der Waals surface area (Å²) in [5.41, 5.74) is 0. The Bertz CT molecular complexity index is 385. The Morgan fingerprint density at radius 3 is 1.43 bits per heavy atom. The second kappa shape index (κ2) is 18.2. The molecule has 0 amide bonds. The van der Waals surface area contributed by atoms with Crippen LogP contribution in [0.2, 0.25) is 0 Å². The zero-order valence-corrected chi connectivity index (χ0v) is 19.5. The lowest BCUT2D eigenvalue weighted by atomic mass is 10.0. The monoisotopic (exact) mass is 440 g/mol. The lowest BCUT2D eigenvalue weighted by Crippen LogP contribution is -2.49. The third-order valence-corrected chi connectivity index (χ3v) is 5.07. The number of hydrogen-bond acceptors (Lipinski definition) is 9. The van der Waals surface area contributed by atoms with E-state index in [4.69, 9.17) is 28.4 Å². The van der Waals surface area contributed by atoms with Gasteiger partial charge >= 0.3 is 0 Å². The molecular formula is C21H44O9. The average Bonchev–Trinajstić information content (AvgIpc) is 2.75. The molecule has 0 aromatic heterocycles. The Morgan fingerprint density at radius 1 is 0.600 bits per heavy atom. The highest BCUT2D eigenvalue weighted by atomic mass is 16.5. The Morgan fingerprint density at radius 2 is 1.00 bits per heavy atom. The fraction of sp³-hybridized carbons (Fsp3) is 1.00. The van der Waals surface area contributed by atoms with Crippen molar-refractivity contribution < 1.29 is 43.7 Å². The predicted molar refractivity (Wildman–Crippen MR) is 113 cm³/mol. The maximum atomic E-state index is 10.6. The van der Waals surface area contributed by atoms with Crippen LogP contribution in [0.15, 0.2) is 0 Å².